The van der Waals surface area contributed by atoms with E-state index in [2.05, 4.69) is 19.9 Å². The standard InChI is InChI=1S/C14H25FO/c1-5-13(15)9-14(10-16-4)7-6-11(2)12(3)8-14/h8,11,13H,5-7,9-10H2,1-4H3/t11-,13+,14-/m0/s1. The Morgan fingerprint density at radius 2 is 2.31 bits per heavy atom. The predicted octanol–water partition coefficient (Wildman–Crippen LogP) is 4.13. The molecule has 16 heavy (non-hydrogen) atoms. The Hall–Kier alpha value is -0.370. The molecule has 1 nitrogen and oxygen atoms in total. The molecule has 0 saturated heterocycles. The van der Waals surface area contributed by atoms with Gasteiger partial charge in [0, 0.05) is 12.5 Å². The Balaban J connectivity index is 2.80. The maximum atomic E-state index is 13.6. The first-order valence-corrected chi connectivity index (χ1v) is 6.35. The molecule has 0 saturated carbocycles. The molecule has 0 heterocycles. The van der Waals surface area contributed by atoms with E-state index < -0.39 is 6.17 Å². The molecular weight excluding hydrogens is 203 g/mol. The molecule has 0 bridgehead atoms. The van der Waals surface area contributed by atoms with Gasteiger partial charge in [0.25, 0.3) is 0 Å². The van der Waals surface area contributed by atoms with Gasteiger partial charge in [-0.05, 0) is 38.5 Å². The molecule has 2 heteroatoms. The van der Waals surface area contributed by atoms with Crippen molar-refractivity contribution in [1.29, 1.82) is 0 Å². The quantitative estimate of drug-likeness (QED) is 0.643. The van der Waals surface area contributed by atoms with Gasteiger partial charge < -0.3 is 4.74 Å². The zero-order valence-corrected chi connectivity index (χ0v) is 11.1. The van der Waals surface area contributed by atoms with E-state index in [0.717, 1.165) is 12.8 Å². The molecule has 0 fully saturated rings. The highest BCUT2D eigenvalue weighted by atomic mass is 19.1. The highest BCUT2D eigenvalue weighted by Crippen LogP contribution is 2.41. The first-order valence-electron chi connectivity index (χ1n) is 6.35. The van der Waals surface area contributed by atoms with Crippen LogP contribution in [0.1, 0.15) is 46.5 Å². The van der Waals surface area contributed by atoms with Gasteiger partial charge >= 0.3 is 0 Å². The molecule has 0 aromatic rings. The summed E-state index contributed by atoms with van der Waals surface area (Å²) >= 11 is 0. The fourth-order valence-electron chi connectivity index (χ4n) is 2.64. The average molecular weight is 228 g/mol. The highest BCUT2D eigenvalue weighted by Gasteiger charge is 2.34. The zero-order valence-electron chi connectivity index (χ0n) is 11.1. The van der Waals surface area contributed by atoms with E-state index in [-0.39, 0.29) is 5.41 Å². The van der Waals surface area contributed by atoms with Gasteiger partial charge in [-0.3, -0.25) is 0 Å². The molecule has 1 aliphatic rings. The fourth-order valence-corrected chi connectivity index (χ4v) is 2.64. The van der Waals surface area contributed by atoms with Crippen LogP contribution >= 0.6 is 0 Å². The molecule has 0 aliphatic heterocycles. The Morgan fingerprint density at radius 1 is 1.62 bits per heavy atom. The second kappa shape index (κ2) is 5.81. The van der Waals surface area contributed by atoms with E-state index >= 15 is 0 Å². The van der Waals surface area contributed by atoms with E-state index in [4.69, 9.17) is 4.74 Å². The van der Waals surface area contributed by atoms with Crippen LogP contribution in [0.4, 0.5) is 4.39 Å². The average Bonchev–Trinajstić information content (AvgIpc) is 2.24. The number of allylic oxidation sites excluding steroid dienone is 1. The summed E-state index contributed by atoms with van der Waals surface area (Å²) in [5.41, 5.74) is 1.34. The number of halogens is 1. The number of methoxy groups -OCH3 is 1. The minimum atomic E-state index is -0.701. The summed E-state index contributed by atoms with van der Waals surface area (Å²) in [6.07, 6.45) is 5.00. The van der Waals surface area contributed by atoms with Gasteiger partial charge in [0.15, 0.2) is 0 Å². The summed E-state index contributed by atoms with van der Waals surface area (Å²) in [6.45, 7) is 6.97. The second-order valence-corrected chi connectivity index (χ2v) is 5.33. The maximum absolute atomic E-state index is 13.6. The topological polar surface area (TPSA) is 9.23 Å². The number of hydrogen-bond donors (Lipinski definition) is 0. The van der Waals surface area contributed by atoms with E-state index in [9.17, 15) is 4.39 Å². The van der Waals surface area contributed by atoms with Gasteiger partial charge in [-0.1, -0.05) is 25.5 Å². The van der Waals surface area contributed by atoms with Crippen molar-refractivity contribution in [3.8, 4) is 0 Å². The molecule has 0 N–H and O–H groups in total. The van der Waals surface area contributed by atoms with Crippen molar-refractivity contribution in [2.75, 3.05) is 13.7 Å². The minimum Gasteiger partial charge on any atom is -0.384 e. The van der Waals surface area contributed by atoms with Crippen LogP contribution < -0.4 is 0 Å². The molecular formula is C14H25FO. The largest absolute Gasteiger partial charge is 0.384 e. The SMILES string of the molecule is CC[C@@H](F)C[C@@]1(COC)C=C(C)[C@@H](C)CC1. The monoisotopic (exact) mass is 228 g/mol. The fraction of sp³-hybridized carbons (Fsp3) is 0.857. The van der Waals surface area contributed by atoms with E-state index in [0.29, 0.717) is 25.4 Å². The van der Waals surface area contributed by atoms with Crippen LogP contribution in [0, 0.1) is 11.3 Å². The van der Waals surface area contributed by atoms with Gasteiger partial charge in [0.1, 0.15) is 6.17 Å². The number of rotatable bonds is 5. The normalized spacial score (nSPS) is 32.3. The summed E-state index contributed by atoms with van der Waals surface area (Å²) in [7, 11) is 1.71. The summed E-state index contributed by atoms with van der Waals surface area (Å²) in [4.78, 5) is 0. The lowest BCUT2D eigenvalue weighted by Crippen LogP contribution is -2.32. The zero-order chi connectivity index (χ0) is 12.2. The molecule has 0 spiro atoms. The van der Waals surface area contributed by atoms with Crippen LogP contribution in [0.3, 0.4) is 0 Å². The molecule has 1 aliphatic carbocycles. The van der Waals surface area contributed by atoms with E-state index in [1.165, 1.54) is 5.57 Å². The van der Waals surface area contributed by atoms with Crippen LogP contribution in [0.2, 0.25) is 0 Å². The third-order valence-electron chi connectivity index (χ3n) is 3.89. The molecule has 0 amide bonds. The molecule has 1 rings (SSSR count). The molecule has 3 atom stereocenters. The molecule has 94 valence electrons. The predicted molar refractivity (Wildman–Crippen MR) is 66.3 cm³/mol. The lowest BCUT2D eigenvalue weighted by atomic mass is 9.70. The Kier molecular flexibility index (Phi) is 4.97. The summed E-state index contributed by atoms with van der Waals surface area (Å²) in [6, 6.07) is 0. The van der Waals surface area contributed by atoms with Crippen LogP contribution in [0.15, 0.2) is 11.6 Å². The van der Waals surface area contributed by atoms with Gasteiger partial charge in [0.05, 0.1) is 6.61 Å². The molecule has 0 aromatic carbocycles. The first-order chi connectivity index (χ1) is 7.53. The summed E-state index contributed by atoms with van der Waals surface area (Å²) in [5, 5.41) is 0. The Bertz CT molecular complexity index is 249. The minimum absolute atomic E-state index is 0.0548. The maximum Gasteiger partial charge on any atom is 0.101 e. The second-order valence-electron chi connectivity index (χ2n) is 5.33. The van der Waals surface area contributed by atoms with E-state index in [1.54, 1.807) is 7.11 Å². The van der Waals surface area contributed by atoms with Crippen LogP contribution in [-0.4, -0.2) is 19.9 Å². The van der Waals surface area contributed by atoms with Gasteiger partial charge in [-0.15, -0.1) is 0 Å². The number of hydrogen-bond acceptors (Lipinski definition) is 1. The van der Waals surface area contributed by atoms with Crippen LogP contribution in [-0.2, 0) is 4.74 Å². The summed E-state index contributed by atoms with van der Waals surface area (Å²) in [5.74, 6) is 0.643. The molecule has 0 radical (unpaired) electrons. The number of ether oxygens (including phenoxy) is 1. The Labute approximate surface area is 99.1 Å². The van der Waals surface area contributed by atoms with Gasteiger partial charge in [-0.2, -0.15) is 0 Å². The third-order valence-corrected chi connectivity index (χ3v) is 3.89. The van der Waals surface area contributed by atoms with Gasteiger partial charge in [0.2, 0.25) is 0 Å². The lowest BCUT2D eigenvalue weighted by Gasteiger charge is -2.37. The first kappa shape index (κ1) is 13.7. The highest BCUT2D eigenvalue weighted by molar-refractivity contribution is 5.15. The van der Waals surface area contributed by atoms with Crippen LogP contribution in [0.5, 0.6) is 0 Å². The third kappa shape index (κ3) is 3.31. The Morgan fingerprint density at radius 3 is 2.81 bits per heavy atom. The van der Waals surface area contributed by atoms with Gasteiger partial charge in [-0.25, -0.2) is 4.39 Å². The number of alkyl halides is 1. The van der Waals surface area contributed by atoms with Crippen molar-refractivity contribution >= 4 is 0 Å². The lowest BCUT2D eigenvalue weighted by molar-refractivity contribution is 0.0679. The van der Waals surface area contributed by atoms with E-state index in [1.807, 2.05) is 6.92 Å². The molecule has 0 aromatic heterocycles. The van der Waals surface area contributed by atoms with Crippen molar-refractivity contribution in [2.45, 2.75) is 52.6 Å². The smallest absolute Gasteiger partial charge is 0.101 e. The van der Waals surface area contributed by atoms with Crippen LogP contribution in [0.25, 0.3) is 0 Å². The van der Waals surface area contributed by atoms with Crippen molar-refractivity contribution in [1.82, 2.24) is 0 Å². The van der Waals surface area contributed by atoms with Crippen molar-refractivity contribution in [3.05, 3.63) is 11.6 Å². The van der Waals surface area contributed by atoms with Crippen molar-refractivity contribution < 1.29 is 9.13 Å². The van der Waals surface area contributed by atoms with Crippen molar-refractivity contribution in [2.24, 2.45) is 11.3 Å². The summed E-state index contributed by atoms with van der Waals surface area (Å²) < 4.78 is 18.9. The molecule has 0 unspecified atom stereocenters. The van der Waals surface area contributed by atoms with Crippen molar-refractivity contribution in [3.63, 3.8) is 0 Å².